The molecule has 0 spiro atoms. The Morgan fingerprint density at radius 1 is 0.825 bits per heavy atom. The number of allylic oxidation sites excluding steroid dienone is 2. The van der Waals surface area contributed by atoms with Gasteiger partial charge in [-0.3, -0.25) is 4.79 Å². The molecule has 0 radical (unpaired) electrons. The van der Waals surface area contributed by atoms with E-state index >= 15 is 4.79 Å². The summed E-state index contributed by atoms with van der Waals surface area (Å²) < 4.78 is 0. The van der Waals surface area contributed by atoms with E-state index in [1.807, 2.05) is 128 Å². The third-order valence-corrected chi connectivity index (χ3v) is 12.8. The molecule has 0 saturated heterocycles. The Bertz CT molecular complexity index is 2190. The highest BCUT2D eigenvalue weighted by Gasteiger charge is 2.57. The van der Waals surface area contributed by atoms with Crippen molar-refractivity contribution in [3.63, 3.8) is 0 Å². The average molecular weight is 761 g/mol. The van der Waals surface area contributed by atoms with E-state index in [1.54, 1.807) is 4.90 Å². The summed E-state index contributed by atoms with van der Waals surface area (Å²) in [5, 5.41) is 27.6. The molecule has 5 aromatic carbocycles. The molecule has 6 nitrogen and oxygen atoms in total. The van der Waals surface area contributed by atoms with Gasteiger partial charge >= 0.3 is 6.03 Å². The van der Waals surface area contributed by atoms with E-state index in [0.717, 1.165) is 46.2 Å². The van der Waals surface area contributed by atoms with Crippen LogP contribution in [0.15, 0.2) is 145 Å². The fourth-order valence-corrected chi connectivity index (χ4v) is 9.31. The first kappa shape index (κ1) is 39.9. The van der Waals surface area contributed by atoms with Crippen molar-refractivity contribution in [3.8, 4) is 11.1 Å². The van der Waals surface area contributed by atoms with Crippen LogP contribution in [0, 0.1) is 5.41 Å². The van der Waals surface area contributed by atoms with Crippen LogP contribution >= 0.6 is 0 Å². The zero-order valence-electron chi connectivity index (χ0n) is 33.5. The highest BCUT2D eigenvalue weighted by molar-refractivity contribution is 6.13. The molecule has 294 valence electrons. The van der Waals surface area contributed by atoms with Crippen LogP contribution in [0.2, 0.25) is 0 Å². The SMILES string of the molecule is CC1=CCC[C@@]2(C)[C@@H](CC[C@@]2(O)CN(Cc2ccccc2)C(=O)N[C@H](C)c2ccccc2)c2ccc(cc2C(=O)c2ccccc2-c2ccccc2)C[C@@H](O)CC1. The van der Waals surface area contributed by atoms with Crippen LogP contribution in [0.25, 0.3) is 11.1 Å². The van der Waals surface area contributed by atoms with Gasteiger partial charge in [-0.15, -0.1) is 0 Å². The largest absolute Gasteiger partial charge is 0.393 e. The predicted octanol–water partition coefficient (Wildman–Crippen LogP) is 10.6. The van der Waals surface area contributed by atoms with Gasteiger partial charge in [0.15, 0.2) is 5.78 Å². The number of hydrogen-bond acceptors (Lipinski definition) is 4. The Kier molecular flexibility index (Phi) is 12.2. The van der Waals surface area contributed by atoms with Crippen molar-refractivity contribution >= 4 is 11.8 Å². The van der Waals surface area contributed by atoms with Crippen molar-refractivity contribution < 1.29 is 19.8 Å². The average Bonchev–Trinajstić information content (AvgIpc) is 3.48. The molecular formula is C51H56N2O4. The minimum Gasteiger partial charge on any atom is -0.393 e. The van der Waals surface area contributed by atoms with Gasteiger partial charge in [0.2, 0.25) is 0 Å². The maximum atomic E-state index is 15.1. The van der Waals surface area contributed by atoms with E-state index in [2.05, 4.69) is 37.4 Å². The molecule has 3 N–H and O–H groups in total. The second-order valence-corrected chi connectivity index (χ2v) is 16.6. The Labute approximate surface area is 338 Å². The van der Waals surface area contributed by atoms with Crippen molar-refractivity contribution in [2.45, 2.75) is 95.9 Å². The molecule has 6 heteroatoms. The van der Waals surface area contributed by atoms with E-state index in [-0.39, 0.29) is 30.3 Å². The predicted molar refractivity (Wildman–Crippen MR) is 229 cm³/mol. The molecule has 5 atom stereocenters. The summed E-state index contributed by atoms with van der Waals surface area (Å²) in [6.07, 6.45) is 6.07. The number of hydrogen-bond donors (Lipinski definition) is 3. The third-order valence-electron chi connectivity index (χ3n) is 12.8. The highest BCUT2D eigenvalue weighted by Crippen LogP contribution is 2.59. The molecule has 3 aliphatic rings. The summed E-state index contributed by atoms with van der Waals surface area (Å²) in [4.78, 5) is 31.2. The first-order valence-corrected chi connectivity index (χ1v) is 20.6. The fourth-order valence-electron chi connectivity index (χ4n) is 9.31. The lowest BCUT2D eigenvalue weighted by molar-refractivity contribution is -0.0781. The molecule has 2 bridgehead atoms. The summed E-state index contributed by atoms with van der Waals surface area (Å²) in [7, 11) is 0. The second-order valence-electron chi connectivity index (χ2n) is 16.6. The lowest BCUT2D eigenvalue weighted by Crippen LogP contribution is -2.55. The van der Waals surface area contributed by atoms with Crippen molar-refractivity contribution in [3.05, 3.63) is 178 Å². The van der Waals surface area contributed by atoms with Gasteiger partial charge in [0.25, 0.3) is 0 Å². The molecule has 3 aliphatic carbocycles. The van der Waals surface area contributed by atoms with Gasteiger partial charge in [0.1, 0.15) is 0 Å². The van der Waals surface area contributed by atoms with Crippen molar-refractivity contribution in [2.75, 3.05) is 6.54 Å². The maximum Gasteiger partial charge on any atom is 0.318 e. The molecule has 1 saturated carbocycles. The van der Waals surface area contributed by atoms with Gasteiger partial charge in [-0.25, -0.2) is 4.79 Å². The summed E-state index contributed by atoms with van der Waals surface area (Å²) in [6.45, 7) is 6.75. The van der Waals surface area contributed by atoms with Gasteiger partial charge in [0, 0.05) is 23.1 Å². The fraction of sp³-hybridized carbons (Fsp3) is 0.333. The highest BCUT2D eigenvalue weighted by atomic mass is 16.3. The molecule has 57 heavy (non-hydrogen) atoms. The monoisotopic (exact) mass is 760 g/mol. The van der Waals surface area contributed by atoms with Crippen molar-refractivity contribution in [1.29, 1.82) is 0 Å². The van der Waals surface area contributed by atoms with E-state index in [9.17, 15) is 15.0 Å². The molecule has 2 amide bonds. The molecule has 0 heterocycles. The molecule has 0 aliphatic heterocycles. The number of urea groups is 1. The second kappa shape index (κ2) is 17.5. The van der Waals surface area contributed by atoms with E-state index in [0.29, 0.717) is 49.8 Å². The van der Waals surface area contributed by atoms with Crippen LogP contribution < -0.4 is 5.32 Å². The number of carbonyl (C=O) groups excluding carboxylic acids is 2. The molecular weight excluding hydrogens is 705 g/mol. The van der Waals surface area contributed by atoms with Crippen molar-refractivity contribution in [2.24, 2.45) is 5.41 Å². The number of aliphatic hydroxyl groups is 2. The number of rotatable bonds is 9. The van der Waals surface area contributed by atoms with Crippen LogP contribution in [0.5, 0.6) is 0 Å². The standard InChI is InChI=1S/C51H56N2O4/c1-36-16-15-30-50(3)47(29-31-51(50,57)35-53(34-38-17-7-4-8-18-38)49(56)52-37(2)40-19-9-5-10-20-40)44-28-26-39(32-42(54)27-25-36)33-46(44)48(55)45-24-14-13-23-43(45)41-21-11-6-12-22-41/h4-14,16-24,26,28,33,37,42,47,54,57H,15,25,27,29-32,34-35H2,1-3H3,(H,52,56)/t37-,42+,47+,50+,51-/m1/s1. The minimum absolute atomic E-state index is 0.0681. The number of aliphatic hydroxyl groups excluding tert-OH is 1. The van der Waals surface area contributed by atoms with Gasteiger partial charge in [-0.05, 0) is 104 Å². The van der Waals surface area contributed by atoms with Crippen LogP contribution in [0.3, 0.4) is 0 Å². The third kappa shape index (κ3) is 8.83. The Morgan fingerprint density at radius 2 is 1.49 bits per heavy atom. The molecule has 1 fully saturated rings. The van der Waals surface area contributed by atoms with Gasteiger partial charge < -0.3 is 20.4 Å². The normalized spacial score (nSPS) is 22.8. The Morgan fingerprint density at radius 3 is 2.23 bits per heavy atom. The number of nitrogens with one attached hydrogen (secondary N) is 1. The molecule has 8 rings (SSSR count). The zero-order valence-corrected chi connectivity index (χ0v) is 33.5. The van der Waals surface area contributed by atoms with E-state index in [4.69, 9.17) is 0 Å². The number of amides is 2. The first-order chi connectivity index (χ1) is 27.5. The number of nitrogens with zero attached hydrogens (tertiary/aromatic N) is 1. The molecule has 5 aromatic rings. The summed E-state index contributed by atoms with van der Waals surface area (Å²) in [6, 6.07) is 43.3. The summed E-state index contributed by atoms with van der Waals surface area (Å²) in [5.74, 6) is -0.243. The van der Waals surface area contributed by atoms with E-state index < -0.39 is 17.1 Å². The van der Waals surface area contributed by atoms with Gasteiger partial charge in [0.05, 0.1) is 24.3 Å². The number of ketones is 1. The van der Waals surface area contributed by atoms with Crippen LogP contribution in [-0.2, 0) is 13.0 Å². The number of carbonyl (C=O) groups is 2. The zero-order chi connectivity index (χ0) is 40.0. The lowest BCUT2D eigenvalue weighted by atomic mass is 9.64. The van der Waals surface area contributed by atoms with Crippen LogP contribution in [0.4, 0.5) is 4.79 Å². The number of fused-ring (bicyclic) bond motifs is 8. The smallest absolute Gasteiger partial charge is 0.318 e. The van der Waals surface area contributed by atoms with Crippen molar-refractivity contribution in [1.82, 2.24) is 10.2 Å². The van der Waals surface area contributed by atoms with E-state index in [1.165, 1.54) is 5.57 Å². The summed E-state index contributed by atoms with van der Waals surface area (Å²) >= 11 is 0. The van der Waals surface area contributed by atoms with Gasteiger partial charge in [-0.2, -0.15) is 0 Å². The van der Waals surface area contributed by atoms with Crippen LogP contribution in [0.1, 0.15) is 109 Å². The number of benzene rings is 5. The maximum absolute atomic E-state index is 15.1. The lowest BCUT2D eigenvalue weighted by Gasteiger charge is -2.46. The van der Waals surface area contributed by atoms with Gasteiger partial charge in [-0.1, -0.05) is 146 Å². The topological polar surface area (TPSA) is 89.9 Å². The quantitative estimate of drug-likeness (QED) is 0.103. The molecule has 0 unspecified atom stereocenters. The Balaban J connectivity index is 1.30. The summed E-state index contributed by atoms with van der Waals surface area (Å²) in [5.41, 5.74) is 6.13. The minimum atomic E-state index is -1.27. The first-order valence-electron chi connectivity index (χ1n) is 20.6. The Hall–Kier alpha value is -5.30. The molecule has 0 aromatic heterocycles. The van der Waals surface area contributed by atoms with Crippen LogP contribution in [-0.4, -0.2) is 45.2 Å².